The second kappa shape index (κ2) is 9.96. The van der Waals surface area contributed by atoms with Gasteiger partial charge in [0.25, 0.3) is 11.8 Å². The van der Waals surface area contributed by atoms with Crippen molar-refractivity contribution in [2.75, 3.05) is 0 Å². The first kappa shape index (κ1) is 24.4. The van der Waals surface area contributed by atoms with Crippen molar-refractivity contribution in [2.45, 2.75) is 43.8 Å². The zero-order valence-electron chi connectivity index (χ0n) is 19.6. The number of carbonyl (C=O) groups is 3. The van der Waals surface area contributed by atoms with Gasteiger partial charge in [0.15, 0.2) is 0 Å². The number of piperidine rings is 1. The van der Waals surface area contributed by atoms with Gasteiger partial charge in [-0.15, -0.1) is 0 Å². The smallest absolute Gasteiger partial charge is 0.336 e. The van der Waals surface area contributed by atoms with Crippen LogP contribution in [0, 0.1) is 11.6 Å². The summed E-state index contributed by atoms with van der Waals surface area (Å²) in [6.07, 6.45) is 3.34. The number of nitrogens with one attached hydrogen (secondary N) is 1. The quantitative estimate of drug-likeness (QED) is 0.512. The third kappa shape index (κ3) is 5.00. The van der Waals surface area contributed by atoms with Crippen molar-refractivity contribution in [3.63, 3.8) is 0 Å². The number of halogens is 2. The summed E-state index contributed by atoms with van der Waals surface area (Å²) in [7, 11) is 0. The molecule has 37 heavy (non-hydrogen) atoms. The van der Waals surface area contributed by atoms with Crippen molar-refractivity contribution in [1.29, 1.82) is 0 Å². The van der Waals surface area contributed by atoms with E-state index in [1.807, 2.05) is 0 Å². The lowest BCUT2D eigenvalue weighted by Gasteiger charge is -2.39. The number of fused-ring (bicyclic) bond motifs is 2. The Bertz CT molecular complexity index is 1350. The first-order valence-corrected chi connectivity index (χ1v) is 11.8. The molecule has 0 saturated carbocycles. The fraction of sp³-hybridized carbons (Fsp3) is 0.259. The van der Waals surface area contributed by atoms with Gasteiger partial charge < -0.3 is 20.1 Å². The number of hydrogen-bond donors (Lipinski definition) is 2. The second-order valence-corrected chi connectivity index (χ2v) is 9.15. The number of amides is 2. The van der Waals surface area contributed by atoms with Crippen molar-refractivity contribution in [1.82, 2.24) is 15.2 Å². The minimum Gasteiger partial charge on any atom is -0.478 e. The molecule has 2 amide bonds. The predicted molar refractivity (Wildman–Crippen MR) is 128 cm³/mol. The van der Waals surface area contributed by atoms with Gasteiger partial charge in [-0.3, -0.25) is 9.59 Å². The molecule has 2 aliphatic heterocycles. The van der Waals surface area contributed by atoms with Crippen molar-refractivity contribution < 1.29 is 33.0 Å². The molecule has 3 atom stereocenters. The Balaban J connectivity index is 1.30. The fourth-order valence-corrected chi connectivity index (χ4v) is 5.17. The molecule has 0 spiro atoms. The Morgan fingerprint density at radius 2 is 1.57 bits per heavy atom. The fourth-order valence-electron chi connectivity index (χ4n) is 5.17. The lowest BCUT2D eigenvalue weighted by Crippen LogP contribution is -2.52. The van der Waals surface area contributed by atoms with Gasteiger partial charge >= 0.3 is 5.97 Å². The Morgan fingerprint density at radius 3 is 2.22 bits per heavy atom. The monoisotopic (exact) mass is 507 g/mol. The van der Waals surface area contributed by atoms with Crippen LogP contribution < -0.4 is 10.1 Å². The SMILES string of the molecule is O=C(O)c1ccccc1C(=O)N1[C@@H]2CC[C@H]1CC(NC(=O)c1cc(F)cnc1Oc1ccc(F)cc1)C2. The van der Waals surface area contributed by atoms with Gasteiger partial charge in [-0.2, -0.15) is 0 Å². The van der Waals surface area contributed by atoms with E-state index in [-0.39, 0.29) is 52.4 Å². The van der Waals surface area contributed by atoms with E-state index in [0.29, 0.717) is 12.8 Å². The molecule has 8 nitrogen and oxygen atoms in total. The van der Waals surface area contributed by atoms with E-state index in [1.54, 1.807) is 17.0 Å². The molecule has 2 bridgehead atoms. The summed E-state index contributed by atoms with van der Waals surface area (Å²) in [6, 6.07) is 11.7. The maximum atomic E-state index is 14.0. The first-order chi connectivity index (χ1) is 17.8. The molecule has 0 aliphatic carbocycles. The molecule has 2 N–H and O–H groups in total. The van der Waals surface area contributed by atoms with E-state index < -0.39 is 23.5 Å². The molecule has 1 aromatic heterocycles. The molecule has 2 fully saturated rings. The molecule has 2 saturated heterocycles. The van der Waals surface area contributed by atoms with Crippen LogP contribution in [0.2, 0.25) is 0 Å². The van der Waals surface area contributed by atoms with Crippen LogP contribution in [0.4, 0.5) is 8.78 Å². The highest BCUT2D eigenvalue weighted by atomic mass is 19.1. The third-order valence-electron chi connectivity index (χ3n) is 6.78. The summed E-state index contributed by atoms with van der Waals surface area (Å²) in [5, 5.41) is 12.4. The maximum Gasteiger partial charge on any atom is 0.336 e. The number of carboxylic acids is 1. The molecule has 3 heterocycles. The van der Waals surface area contributed by atoms with Gasteiger partial charge in [-0.1, -0.05) is 12.1 Å². The molecule has 2 aromatic carbocycles. The summed E-state index contributed by atoms with van der Waals surface area (Å²) >= 11 is 0. The molecular formula is C27H23F2N3O5. The number of pyridine rings is 1. The Morgan fingerprint density at radius 1 is 0.919 bits per heavy atom. The molecule has 1 unspecified atom stereocenters. The number of aromatic carboxylic acids is 1. The molecular weight excluding hydrogens is 484 g/mol. The highest BCUT2D eigenvalue weighted by Crippen LogP contribution is 2.37. The van der Waals surface area contributed by atoms with Gasteiger partial charge in [0, 0.05) is 18.1 Å². The van der Waals surface area contributed by atoms with E-state index in [2.05, 4.69) is 10.3 Å². The van der Waals surface area contributed by atoms with E-state index >= 15 is 0 Å². The van der Waals surface area contributed by atoms with Crippen LogP contribution in [0.25, 0.3) is 0 Å². The van der Waals surface area contributed by atoms with Gasteiger partial charge in [0.05, 0.1) is 17.3 Å². The van der Waals surface area contributed by atoms with E-state index in [4.69, 9.17) is 4.74 Å². The van der Waals surface area contributed by atoms with Crippen LogP contribution in [0.15, 0.2) is 60.8 Å². The predicted octanol–water partition coefficient (Wildman–Crippen LogP) is 4.42. The van der Waals surface area contributed by atoms with Crippen LogP contribution in [0.3, 0.4) is 0 Å². The number of carbonyl (C=O) groups excluding carboxylic acids is 2. The number of rotatable bonds is 6. The number of aromatic nitrogens is 1. The number of carboxylic acid groups (broad SMARTS) is 1. The Labute approximate surface area is 210 Å². The highest BCUT2D eigenvalue weighted by molar-refractivity contribution is 6.05. The summed E-state index contributed by atoms with van der Waals surface area (Å²) in [5.74, 6) is -3.13. The molecule has 190 valence electrons. The largest absolute Gasteiger partial charge is 0.478 e. The van der Waals surface area contributed by atoms with Crippen LogP contribution >= 0.6 is 0 Å². The number of benzene rings is 2. The van der Waals surface area contributed by atoms with Gasteiger partial charge in [-0.25, -0.2) is 18.6 Å². The van der Waals surface area contributed by atoms with Crippen molar-refractivity contribution in [3.8, 4) is 11.6 Å². The summed E-state index contributed by atoms with van der Waals surface area (Å²) in [6.45, 7) is 0. The minimum atomic E-state index is -1.17. The first-order valence-electron chi connectivity index (χ1n) is 11.8. The summed E-state index contributed by atoms with van der Waals surface area (Å²) in [5.41, 5.74) is -0.0111. The molecule has 3 aromatic rings. The Kier molecular flexibility index (Phi) is 6.56. The van der Waals surface area contributed by atoms with Crippen LogP contribution in [0.5, 0.6) is 11.6 Å². The van der Waals surface area contributed by atoms with Crippen LogP contribution in [-0.2, 0) is 0 Å². The van der Waals surface area contributed by atoms with Gasteiger partial charge in [0.1, 0.15) is 22.9 Å². The zero-order chi connectivity index (χ0) is 26.1. The summed E-state index contributed by atoms with van der Waals surface area (Å²) in [4.78, 5) is 43.6. The average Bonchev–Trinajstić information content (AvgIpc) is 3.15. The van der Waals surface area contributed by atoms with E-state index in [9.17, 15) is 28.3 Å². The standard InChI is InChI=1S/C27H23F2N3O5/c28-15-5-9-20(10-6-15)37-25-23(11-16(29)14-30-25)24(33)31-17-12-18-7-8-19(13-17)32(18)26(34)21-3-1-2-4-22(21)27(35)36/h1-6,9-11,14,17-19H,7-8,12-13H2,(H,31,33)(H,35,36)/t17?,18-,19+. The highest BCUT2D eigenvalue weighted by Gasteiger charge is 2.44. The van der Waals surface area contributed by atoms with E-state index in [0.717, 1.165) is 25.1 Å². The topological polar surface area (TPSA) is 109 Å². The molecule has 0 radical (unpaired) electrons. The lowest BCUT2D eigenvalue weighted by molar-refractivity contribution is 0.0537. The number of nitrogens with zero attached hydrogens (tertiary/aromatic N) is 2. The van der Waals surface area contributed by atoms with Crippen molar-refractivity contribution in [2.24, 2.45) is 0 Å². The van der Waals surface area contributed by atoms with Crippen LogP contribution in [0.1, 0.15) is 56.8 Å². The normalized spacial score (nSPS) is 20.4. The average molecular weight is 507 g/mol. The maximum absolute atomic E-state index is 14.0. The van der Waals surface area contributed by atoms with Gasteiger partial charge in [0.2, 0.25) is 5.88 Å². The van der Waals surface area contributed by atoms with Crippen LogP contribution in [-0.4, -0.2) is 50.9 Å². The van der Waals surface area contributed by atoms with Crippen molar-refractivity contribution >= 4 is 17.8 Å². The number of hydrogen-bond acceptors (Lipinski definition) is 5. The van der Waals surface area contributed by atoms with E-state index in [1.165, 1.54) is 36.4 Å². The molecule has 5 rings (SSSR count). The zero-order valence-corrected chi connectivity index (χ0v) is 19.6. The Hall–Kier alpha value is -4.34. The van der Waals surface area contributed by atoms with Gasteiger partial charge in [-0.05, 0) is 68.1 Å². The lowest BCUT2D eigenvalue weighted by atomic mass is 9.95. The third-order valence-corrected chi connectivity index (χ3v) is 6.78. The van der Waals surface area contributed by atoms with Crippen molar-refractivity contribution in [3.05, 3.63) is 89.1 Å². The molecule has 10 heteroatoms. The minimum absolute atomic E-state index is 0.0467. The molecule has 2 aliphatic rings. The number of ether oxygens (including phenoxy) is 1. The summed E-state index contributed by atoms with van der Waals surface area (Å²) < 4.78 is 32.8. The second-order valence-electron chi connectivity index (χ2n) is 9.15.